The van der Waals surface area contributed by atoms with Gasteiger partial charge in [0.1, 0.15) is 12.4 Å². The minimum atomic E-state index is -0.485. The summed E-state index contributed by atoms with van der Waals surface area (Å²) in [5, 5.41) is 11.4. The van der Waals surface area contributed by atoms with E-state index in [0.717, 1.165) is 5.56 Å². The standard InChI is InChI=1S/C15H15ClN2O4/c16-12-2-3-13-10(7-12)6-11(8-21-13)15(20)22-9-14(19)18-5-1-4-17/h2-3,7,11H,1,5-6,8-9H2,(H,18,19)/t11-/m1/s1. The van der Waals surface area contributed by atoms with Crippen LogP contribution in [0.5, 0.6) is 5.75 Å². The number of nitrogens with one attached hydrogen (secondary N) is 1. The highest BCUT2D eigenvalue weighted by Gasteiger charge is 2.27. The second-order valence-electron chi connectivity index (χ2n) is 4.83. The fraction of sp³-hybridized carbons (Fsp3) is 0.400. The van der Waals surface area contributed by atoms with Crippen molar-refractivity contribution >= 4 is 23.5 Å². The number of nitrogens with zero attached hydrogens (tertiary/aromatic N) is 1. The second kappa shape index (κ2) is 7.66. The molecular weight excluding hydrogens is 308 g/mol. The summed E-state index contributed by atoms with van der Waals surface area (Å²) in [6.45, 7) is 0.0952. The summed E-state index contributed by atoms with van der Waals surface area (Å²) in [6.07, 6.45) is 0.679. The van der Waals surface area contributed by atoms with Gasteiger partial charge in [-0.25, -0.2) is 0 Å². The summed E-state index contributed by atoms with van der Waals surface area (Å²) >= 11 is 5.92. The fourth-order valence-electron chi connectivity index (χ4n) is 2.08. The van der Waals surface area contributed by atoms with E-state index in [-0.39, 0.29) is 26.2 Å². The highest BCUT2D eigenvalue weighted by Crippen LogP contribution is 2.30. The highest BCUT2D eigenvalue weighted by atomic mass is 35.5. The number of carbonyl (C=O) groups excluding carboxylic acids is 2. The number of rotatable bonds is 5. The molecule has 0 aromatic heterocycles. The molecule has 1 N–H and O–H groups in total. The third-order valence-electron chi connectivity index (χ3n) is 3.17. The molecule has 1 amide bonds. The van der Waals surface area contributed by atoms with E-state index in [9.17, 15) is 9.59 Å². The van der Waals surface area contributed by atoms with Gasteiger partial charge in [-0.15, -0.1) is 0 Å². The Kier molecular flexibility index (Phi) is 5.61. The number of hydrogen-bond acceptors (Lipinski definition) is 5. The number of esters is 1. The molecule has 1 heterocycles. The van der Waals surface area contributed by atoms with Gasteiger partial charge in [0, 0.05) is 11.6 Å². The van der Waals surface area contributed by atoms with Crippen molar-refractivity contribution in [3.05, 3.63) is 28.8 Å². The molecule has 0 spiro atoms. The lowest BCUT2D eigenvalue weighted by atomic mass is 9.97. The fourth-order valence-corrected chi connectivity index (χ4v) is 2.27. The first-order chi connectivity index (χ1) is 10.6. The monoisotopic (exact) mass is 322 g/mol. The Bertz CT molecular complexity index is 612. The first-order valence-corrected chi connectivity index (χ1v) is 7.19. The molecule has 1 aliphatic heterocycles. The van der Waals surface area contributed by atoms with Gasteiger partial charge in [-0.1, -0.05) is 11.6 Å². The maximum Gasteiger partial charge on any atom is 0.313 e. The molecule has 1 aromatic carbocycles. The molecule has 22 heavy (non-hydrogen) atoms. The molecule has 0 bridgehead atoms. The smallest absolute Gasteiger partial charge is 0.313 e. The molecule has 1 aliphatic rings. The zero-order valence-corrected chi connectivity index (χ0v) is 12.6. The van der Waals surface area contributed by atoms with Gasteiger partial charge in [-0.2, -0.15) is 5.26 Å². The van der Waals surface area contributed by atoms with Gasteiger partial charge in [-0.3, -0.25) is 9.59 Å². The first-order valence-electron chi connectivity index (χ1n) is 6.81. The Labute approximate surface area is 133 Å². The summed E-state index contributed by atoms with van der Waals surface area (Å²) in [5.74, 6) is -0.662. The van der Waals surface area contributed by atoms with E-state index in [1.807, 2.05) is 6.07 Å². The highest BCUT2D eigenvalue weighted by molar-refractivity contribution is 6.30. The molecule has 0 unspecified atom stereocenters. The number of amides is 1. The van der Waals surface area contributed by atoms with Crippen molar-refractivity contribution in [2.45, 2.75) is 12.8 Å². The number of fused-ring (bicyclic) bond motifs is 1. The van der Waals surface area contributed by atoms with Gasteiger partial charge in [0.05, 0.1) is 18.4 Å². The van der Waals surface area contributed by atoms with Crippen molar-refractivity contribution in [1.29, 1.82) is 5.26 Å². The van der Waals surface area contributed by atoms with Crippen molar-refractivity contribution in [3.63, 3.8) is 0 Å². The Morgan fingerprint density at radius 2 is 2.32 bits per heavy atom. The molecule has 0 aliphatic carbocycles. The van der Waals surface area contributed by atoms with Gasteiger partial charge in [0.25, 0.3) is 5.91 Å². The van der Waals surface area contributed by atoms with Gasteiger partial charge < -0.3 is 14.8 Å². The van der Waals surface area contributed by atoms with Crippen LogP contribution in [-0.4, -0.2) is 31.6 Å². The van der Waals surface area contributed by atoms with Crippen LogP contribution >= 0.6 is 11.6 Å². The summed E-state index contributed by atoms with van der Waals surface area (Å²) in [6, 6.07) is 7.15. The number of hydrogen-bond donors (Lipinski definition) is 1. The number of ether oxygens (including phenoxy) is 2. The molecule has 2 rings (SSSR count). The van der Waals surface area contributed by atoms with Gasteiger partial charge in [0.15, 0.2) is 6.61 Å². The summed E-state index contributed by atoms with van der Waals surface area (Å²) in [5.41, 5.74) is 0.846. The predicted octanol–water partition coefficient (Wildman–Crippen LogP) is 1.46. The molecular formula is C15H15ClN2O4. The molecule has 0 saturated heterocycles. The normalized spacial score (nSPS) is 15.9. The lowest BCUT2D eigenvalue weighted by Crippen LogP contribution is -2.34. The Balaban J connectivity index is 1.82. The molecule has 1 aromatic rings. The van der Waals surface area contributed by atoms with Crippen LogP contribution in [0.2, 0.25) is 5.02 Å². The topological polar surface area (TPSA) is 88.4 Å². The number of nitriles is 1. The van der Waals surface area contributed by atoms with Crippen molar-refractivity contribution in [2.24, 2.45) is 5.92 Å². The molecule has 116 valence electrons. The van der Waals surface area contributed by atoms with Crippen molar-refractivity contribution in [1.82, 2.24) is 5.32 Å². The van der Waals surface area contributed by atoms with E-state index < -0.39 is 17.8 Å². The van der Waals surface area contributed by atoms with Crippen LogP contribution in [0.25, 0.3) is 0 Å². The largest absolute Gasteiger partial charge is 0.492 e. The third-order valence-corrected chi connectivity index (χ3v) is 3.40. The zero-order chi connectivity index (χ0) is 15.9. The Morgan fingerprint density at radius 1 is 1.50 bits per heavy atom. The van der Waals surface area contributed by atoms with E-state index in [4.69, 9.17) is 26.3 Å². The van der Waals surface area contributed by atoms with Crippen LogP contribution in [0.4, 0.5) is 0 Å². The van der Waals surface area contributed by atoms with E-state index >= 15 is 0 Å². The first kappa shape index (κ1) is 16.1. The van der Waals surface area contributed by atoms with E-state index in [0.29, 0.717) is 17.2 Å². The molecule has 0 radical (unpaired) electrons. The van der Waals surface area contributed by atoms with E-state index in [1.54, 1.807) is 18.2 Å². The maximum atomic E-state index is 12.0. The number of benzene rings is 1. The number of halogens is 1. The minimum absolute atomic E-state index is 0.212. The third kappa shape index (κ3) is 4.37. The van der Waals surface area contributed by atoms with Crippen LogP contribution in [0, 0.1) is 17.2 Å². The van der Waals surface area contributed by atoms with Gasteiger partial charge >= 0.3 is 5.97 Å². The average molecular weight is 323 g/mol. The molecule has 7 heteroatoms. The lowest BCUT2D eigenvalue weighted by Gasteiger charge is -2.24. The second-order valence-corrected chi connectivity index (χ2v) is 5.27. The SMILES string of the molecule is N#CCCNC(=O)COC(=O)[C@H]1COc2ccc(Cl)cc2C1. The predicted molar refractivity (Wildman–Crippen MR) is 78.3 cm³/mol. The van der Waals surface area contributed by atoms with Gasteiger partial charge in [0.2, 0.25) is 0 Å². The van der Waals surface area contributed by atoms with Crippen LogP contribution in [0.15, 0.2) is 18.2 Å². The van der Waals surface area contributed by atoms with E-state index in [2.05, 4.69) is 5.32 Å². The summed E-state index contributed by atoms with van der Waals surface area (Å²) in [4.78, 5) is 23.4. The van der Waals surface area contributed by atoms with Crippen LogP contribution in [0.1, 0.15) is 12.0 Å². The lowest BCUT2D eigenvalue weighted by molar-refractivity contribution is -0.153. The Morgan fingerprint density at radius 3 is 3.09 bits per heavy atom. The van der Waals surface area contributed by atoms with Crippen molar-refractivity contribution in [3.8, 4) is 11.8 Å². The molecule has 6 nitrogen and oxygen atoms in total. The zero-order valence-electron chi connectivity index (χ0n) is 11.8. The van der Waals surface area contributed by atoms with Crippen molar-refractivity contribution < 1.29 is 19.1 Å². The van der Waals surface area contributed by atoms with Gasteiger partial charge in [-0.05, 0) is 30.2 Å². The minimum Gasteiger partial charge on any atom is -0.492 e. The average Bonchev–Trinajstić information content (AvgIpc) is 2.52. The molecule has 1 atom stereocenters. The van der Waals surface area contributed by atoms with Crippen molar-refractivity contribution in [2.75, 3.05) is 19.8 Å². The summed E-state index contributed by atoms with van der Waals surface area (Å²) in [7, 11) is 0. The van der Waals surface area contributed by atoms with Crippen LogP contribution in [-0.2, 0) is 20.7 Å². The summed E-state index contributed by atoms with van der Waals surface area (Å²) < 4.78 is 10.5. The van der Waals surface area contributed by atoms with Crippen LogP contribution < -0.4 is 10.1 Å². The molecule has 0 saturated carbocycles. The Hall–Kier alpha value is -2.26. The maximum absolute atomic E-state index is 12.0. The quantitative estimate of drug-likeness (QED) is 0.655. The number of carbonyl (C=O) groups is 2. The van der Waals surface area contributed by atoms with E-state index in [1.165, 1.54) is 0 Å². The van der Waals surface area contributed by atoms with Crippen LogP contribution in [0.3, 0.4) is 0 Å². The molecule has 0 fully saturated rings.